The number of halogens is 2. The van der Waals surface area contributed by atoms with E-state index >= 15 is 0 Å². The molecular formula is C6H6Cl2N2O2S. The largest absolute Gasteiger partial charge is 0.239 e. The fourth-order valence-electron chi connectivity index (χ4n) is 0.808. The van der Waals surface area contributed by atoms with Gasteiger partial charge in [0.2, 0.25) is 9.05 Å². The van der Waals surface area contributed by atoms with Crippen LogP contribution in [0.5, 0.6) is 0 Å². The van der Waals surface area contributed by atoms with Crippen LogP contribution in [0, 0.1) is 6.92 Å². The molecule has 0 aliphatic carbocycles. The molecule has 4 nitrogen and oxygen atoms in total. The van der Waals surface area contributed by atoms with Crippen LogP contribution >= 0.6 is 22.3 Å². The minimum Gasteiger partial charge on any atom is -0.237 e. The highest BCUT2D eigenvalue weighted by Gasteiger charge is 2.10. The van der Waals surface area contributed by atoms with E-state index < -0.39 is 14.8 Å². The number of aryl methyl sites for hydroxylation is 1. The average Bonchev–Trinajstić information content (AvgIpc) is 1.78. The Hall–Kier alpha value is -0.390. The number of hydrogen-bond acceptors (Lipinski definition) is 4. The molecule has 0 spiro atoms. The van der Waals surface area contributed by atoms with Gasteiger partial charge in [-0.05, 0) is 13.0 Å². The van der Waals surface area contributed by atoms with Crippen LogP contribution in [0.3, 0.4) is 0 Å². The lowest BCUT2D eigenvalue weighted by Crippen LogP contribution is -2.02. The van der Waals surface area contributed by atoms with Crippen molar-refractivity contribution >= 4 is 31.3 Å². The third kappa shape index (κ3) is 3.89. The Kier molecular flexibility index (Phi) is 3.10. The van der Waals surface area contributed by atoms with Gasteiger partial charge in [-0.1, -0.05) is 11.6 Å². The fourth-order valence-corrected chi connectivity index (χ4v) is 1.79. The zero-order chi connectivity index (χ0) is 10.1. The van der Waals surface area contributed by atoms with Crippen LogP contribution in [0.15, 0.2) is 6.07 Å². The molecule has 0 aliphatic rings. The smallest absolute Gasteiger partial charge is 0.237 e. The molecule has 1 rings (SSSR count). The summed E-state index contributed by atoms with van der Waals surface area (Å²) in [6.07, 6.45) is 0. The lowest BCUT2D eigenvalue weighted by Gasteiger charge is -1.98. The van der Waals surface area contributed by atoms with E-state index in [2.05, 4.69) is 9.97 Å². The van der Waals surface area contributed by atoms with E-state index in [0.29, 0.717) is 5.69 Å². The molecule has 0 fully saturated rings. The van der Waals surface area contributed by atoms with Gasteiger partial charge in [0, 0.05) is 16.4 Å². The lowest BCUT2D eigenvalue weighted by atomic mass is 10.4. The molecule has 1 aromatic heterocycles. The van der Waals surface area contributed by atoms with E-state index in [9.17, 15) is 8.42 Å². The van der Waals surface area contributed by atoms with E-state index in [-0.39, 0.29) is 11.0 Å². The van der Waals surface area contributed by atoms with Crippen LogP contribution in [0.1, 0.15) is 11.5 Å². The first-order chi connectivity index (χ1) is 5.87. The van der Waals surface area contributed by atoms with Gasteiger partial charge in [0.1, 0.15) is 16.7 Å². The topological polar surface area (TPSA) is 59.9 Å². The molecule has 13 heavy (non-hydrogen) atoms. The van der Waals surface area contributed by atoms with Crippen molar-refractivity contribution in [1.29, 1.82) is 0 Å². The molecule has 0 radical (unpaired) electrons. The Morgan fingerprint density at radius 2 is 2.08 bits per heavy atom. The lowest BCUT2D eigenvalue weighted by molar-refractivity contribution is 0.607. The predicted molar refractivity (Wildman–Crippen MR) is 50.3 cm³/mol. The number of aromatic nitrogens is 2. The van der Waals surface area contributed by atoms with E-state index in [0.717, 1.165) is 0 Å². The summed E-state index contributed by atoms with van der Waals surface area (Å²) in [6, 6.07) is 1.53. The zero-order valence-electron chi connectivity index (χ0n) is 6.66. The van der Waals surface area contributed by atoms with Crippen LogP contribution in [-0.2, 0) is 14.8 Å². The molecule has 72 valence electrons. The van der Waals surface area contributed by atoms with Gasteiger partial charge in [0.15, 0.2) is 0 Å². The predicted octanol–water partition coefficient (Wildman–Crippen LogP) is 1.51. The van der Waals surface area contributed by atoms with Gasteiger partial charge in [0.05, 0.1) is 0 Å². The van der Waals surface area contributed by atoms with Crippen molar-refractivity contribution in [3.63, 3.8) is 0 Å². The Bertz CT molecular complexity index is 398. The summed E-state index contributed by atoms with van der Waals surface area (Å²) in [5.41, 5.74) is 0.607. The molecule has 0 aromatic carbocycles. The summed E-state index contributed by atoms with van der Waals surface area (Å²) in [5.74, 6) is -0.296. The zero-order valence-corrected chi connectivity index (χ0v) is 8.99. The van der Waals surface area contributed by atoms with Crippen molar-refractivity contribution in [2.24, 2.45) is 0 Å². The highest BCUT2D eigenvalue weighted by molar-refractivity contribution is 8.13. The van der Waals surface area contributed by atoms with Gasteiger partial charge in [-0.15, -0.1) is 0 Å². The van der Waals surface area contributed by atoms with E-state index in [4.69, 9.17) is 22.3 Å². The summed E-state index contributed by atoms with van der Waals surface area (Å²) >= 11 is 5.59. The first-order valence-corrected chi connectivity index (χ1v) is 6.15. The van der Waals surface area contributed by atoms with Crippen LogP contribution in [0.25, 0.3) is 0 Å². The van der Waals surface area contributed by atoms with E-state index in [1.165, 1.54) is 6.07 Å². The molecule has 0 N–H and O–H groups in total. The molecule has 0 bridgehead atoms. The van der Waals surface area contributed by atoms with Crippen molar-refractivity contribution in [1.82, 2.24) is 9.97 Å². The number of rotatable bonds is 2. The summed E-state index contributed by atoms with van der Waals surface area (Å²) in [5, 5.41) is 0.211. The molecular weight excluding hydrogens is 235 g/mol. The number of nitrogens with zero attached hydrogens (tertiary/aromatic N) is 2. The van der Waals surface area contributed by atoms with Crippen molar-refractivity contribution in [3.8, 4) is 0 Å². The van der Waals surface area contributed by atoms with Crippen LogP contribution in [0.2, 0.25) is 5.15 Å². The Morgan fingerprint density at radius 1 is 1.46 bits per heavy atom. The maximum absolute atomic E-state index is 10.7. The van der Waals surface area contributed by atoms with Crippen molar-refractivity contribution in [2.75, 3.05) is 0 Å². The summed E-state index contributed by atoms with van der Waals surface area (Å²) in [4.78, 5) is 7.57. The highest BCUT2D eigenvalue weighted by atomic mass is 35.7. The van der Waals surface area contributed by atoms with Gasteiger partial charge in [0.25, 0.3) is 0 Å². The van der Waals surface area contributed by atoms with Gasteiger partial charge in [-0.3, -0.25) is 0 Å². The van der Waals surface area contributed by atoms with Crippen LogP contribution in [-0.4, -0.2) is 18.4 Å². The van der Waals surface area contributed by atoms with Crippen molar-refractivity contribution in [3.05, 3.63) is 22.7 Å². The van der Waals surface area contributed by atoms with Gasteiger partial charge in [-0.25, -0.2) is 18.4 Å². The quantitative estimate of drug-likeness (QED) is 0.581. The van der Waals surface area contributed by atoms with Gasteiger partial charge < -0.3 is 0 Å². The molecule has 0 saturated carbocycles. The summed E-state index contributed by atoms with van der Waals surface area (Å²) in [7, 11) is 1.40. The monoisotopic (exact) mass is 240 g/mol. The molecule has 1 heterocycles. The Balaban J connectivity index is 3.03. The van der Waals surface area contributed by atoms with Crippen molar-refractivity contribution < 1.29 is 8.42 Å². The normalized spacial score (nSPS) is 11.6. The SMILES string of the molecule is Cc1cc(Cl)nc(CS(=O)(=O)Cl)n1. The maximum atomic E-state index is 10.7. The molecule has 0 unspecified atom stereocenters. The Labute approximate surface area is 85.3 Å². The molecule has 1 aromatic rings. The molecule has 7 heteroatoms. The fraction of sp³-hybridized carbons (Fsp3) is 0.333. The van der Waals surface area contributed by atoms with Gasteiger partial charge >= 0.3 is 0 Å². The molecule has 0 aliphatic heterocycles. The molecule has 0 amide bonds. The summed E-state index contributed by atoms with van der Waals surface area (Å²) in [6.45, 7) is 1.69. The number of hydrogen-bond donors (Lipinski definition) is 0. The van der Waals surface area contributed by atoms with E-state index in [1.54, 1.807) is 6.92 Å². The average molecular weight is 241 g/mol. The first-order valence-electron chi connectivity index (χ1n) is 3.29. The van der Waals surface area contributed by atoms with Crippen LogP contribution in [0.4, 0.5) is 0 Å². The first kappa shape index (κ1) is 10.7. The van der Waals surface area contributed by atoms with E-state index in [1.807, 2.05) is 0 Å². The van der Waals surface area contributed by atoms with Gasteiger partial charge in [-0.2, -0.15) is 0 Å². The third-order valence-electron chi connectivity index (χ3n) is 1.17. The van der Waals surface area contributed by atoms with Crippen LogP contribution < -0.4 is 0 Å². The highest BCUT2D eigenvalue weighted by Crippen LogP contribution is 2.10. The second-order valence-electron chi connectivity index (χ2n) is 2.43. The molecule has 0 saturated heterocycles. The Morgan fingerprint density at radius 3 is 2.54 bits per heavy atom. The second-order valence-corrected chi connectivity index (χ2v) is 5.60. The summed E-state index contributed by atoms with van der Waals surface area (Å²) < 4.78 is 21.3. The third-order valence-corrected chi connectivity index (χ3v) is 2.29. The maximum Gasteiger partial charge on any atom is 0.239 e. The molecule has 0 atom stereocenters. The minimum atomic E-state index is -3.62. The minimum absolute atomic E-state index is 0.111. The standard InChI is InChI=1S/C6H6Cl2N2O2S/c1-4-2-5(7)10-6(9-4)3-13(8,11)12/h2H,3H2,1H3. The second kappa shape index (κ2) is 3.77. The van der Waals surface area contributed by atoms with Crippen molar-refractivity contribution in [2.45, 2.75) is 12.7 Å².